The summed E-state index contributed by atoms with van der Waals surface area (Å²) in [5.74, 6) is 0. The van der Waals surface area contributed by atoms with Crippen LogP contribution < -0.4 is 10.6 Å². The molecule has 0 atom stereocenters. The van der Waals surface area contributed by atoms with Crippen LogP contribution >= 0.6 is 7.92 Å². The Hall–Kier alpha value is -0.600. The third-order valence-corrected chi connectivity index (χ3v) is 4.43. The predicted octanol–water partition coefficient (Wildman–Crippen LogP) is 4.09. The summed E-state index contributed by atoms with van der Waals surface area (Å²) in [6.07, 6.45) is 0. The van der Waals surface area contributed by atoms with Gasteiger partial charge in [-0.1, -0.05) is 60.7 Å². The number of hydrogen-bond donors (Lipinski definition) is 0. The van der Waals surface area contributed by atoms with Gasteiger partial charge in [0.1, 0.15) is 0 Å². The van der Waals surface area contributed by atoms with Crippen LogP contribution in [-0.2, 0) is 22.4 Å². The van der Waals surface area contributed by atoms with Gasteiger partial charge in [0.25, 0.3) is 0 Å². The van der Waals surface area contributed by atoms with Crippen LogP contribution in [0.1, 0.15) is 0 Å². The van der Waals surface area contributed by atoms with Gasteiger partial charge in [0.2, 0.25) is 0 Å². The van der Waals surface area contributed by atoms with E-state index in [0.29, 0.717) is 0 Å². The van der Waals surface area contributed by atoms with Gasteiger partial charge in [0.05, 0.1) is 0 Å². The number of benzene rings is 2. The van der Waals surface area contributed by atoms with E-state index in [1.54, 1.807) is 0 Å². The van der Waals surface area contributed by atoms with E-state index in [1.165, 1.54) is 10.6 Å². The molecule has 0 nitrogen and oxygen atoms in total. The minimum atomic E-state index is -3.08. The van der Waals surface area contributed by atoms with Gasteiger partial charge >= 0.3 is 22.4 Å². The smallest absolute Gasteiger partial charge is 0.385 e. The van der Waals surface area contributed by atoms with Gasteiger partial charge in [-0.15, -0.1) is 0 Å². The molecule has 0 saturated carbocycles. The van der Waals surface area contributed by atoms with E-state index in [9.17, 15) is 13.2 Å². The van der Waals surface area contributed by atoms with Crippen LogP contribution in [-0.4, -0.2) is 6.66 Å². The molecule has 0 amide bonds. The second kappa shape index (κ2) is 10.2. The largest absolute Gasteiger partial charge is 1.00 e. The van der Waals surface area contributed by atoms with E-state index in [4.69, 9.17) is 0 Å². The Morgan fingerprint density at radius 2 is 1.00 bits per heavy atom. The van der Waals surface area contributed by atoms with Crippen LogP contribution in [0.25, 0.3) is 0 Å². The molecule has 0 saturated heterocycles. The molecule has 0 bridgehead atoms. The van der Waals surface area contributed by atoms with Gasteiger partial charge in [0.15, 0.2) is 6.68 Å². The van der Waals surface area contributed by atoms with Crippen molar-refractivity contribution in [2.24, 2.45) is 0 Å². The molecule has 19 heavy (non-hydrogen) atoms. The molecule has 0 heterocycles. The van der Waals surface area contributed by atoms with Crippen molar-refractivity contribution in [3.8, 4) is 0 Å². The Morgan fingerprint density at radius 3 is 1.26 bits per heavy atom. The average Bonchev–Trinajstić information content (AvgIpc) is 2.39. The molecule has 0 radical (unpaired) electrons. The summed E-state index contributed by atoms with van der Waals surface area (Å²) in [6.45, 7) is -0.778. The number of halogens is 3. The molecule has 106 valence electrons. The number of rotatable bonds is 2. The Labute approximate surface area is 128 Å². The van der Waals surface area contributed by atoms with Gasteiger partial charge in [-0.2, -0.15) is 0 Å². The Kier molecular flexibility index (Phi) is 9.90. The van der Waals surface area contributed by atoms with Crippen molar-refractivity contribution in [1.82, 2.24) is 0 Å². The van der Waals surface area contributed by atoms with Crippen LogP contribution in [0.3, 0.4) is 0 Å². The third kappa shape index (κ3) is 7.54. The van der Waals surface area contributed by atoms with E-state index in [1.807, 2.05) is 0 Å². The fourth-order valence-electron chi connectivity index (χ4n) is 1.45. The molecule has 5 heteroatoms. The molecule has 0 unspecified atom stereocenters. The summed E-state index contributed by atoms with van der Waals surface area (Å²) >= 11 is 0. The molecule has 0 aliphatic rings. The van der Waals surface area contributed by atoms with Crippen molar-refractivity contribution in [1.29, 1.82) is 0 Å². The van der Waals surface area contributed by atoms with Crippen molar-refractivity contribution in [2.75, 3.05) is 6.66 Å². The molecular weight excluding hydrogens is 453 g/mol. The summed E-state index contributed by atoms with van der Waals surface area (Å²) in [5, 5.41) is 2.88. The monoisotopic (exact) mass is 466 g/mol. The molecule has 2 rings (SSSR count). The second-order valence-electron chi connectivity index (χ2n) is 3.44. The first-order valence-corrected chi connectivity index (χ1v) is 7.07. The van der Waals surface area contributed by atoms with Gasteiger partial charge < -0.3 is 13.2 Å². The normalized spacial score (nSPS) is 9.58. The maximum atomic E-state index is 9.58. The average molecular weight is 466 g/mol. The zero-order valence-electron chi connectivity index (χ0n) is 10.2. The van der Waals surface area contributed by atoms with E-state index in [2.05, 4.69) is 67.3 Å². The van der Waals surface area contributed by atoms with Crippen molar-refractivity contribution in [3.05, 3.63) is 67.3 Å². The van der Waals surface area contributed by atoms with E-state index < -0.39 is 6.68 Å². The molecule has 0 aliphatic carbocycles. The van der Waals surface area contributed by atoms with Gasteiger partial charge in [-0.05, 0) is 25.2 Å². The standard InChI is InChI=1S/C13H13P.CF3.Au/c1-14(12-8-4-2-5-9-12)13-10-6-3-7-11-13;2-1(3)4;/h2-11H,1H3;;/q;-1;+1. The minimum Gasteiger partial charge on any atom is -0.385 e. The maximum Gasteiger partial charge on any atom is 1.00 e. The third-order valence-electron chi connectivity index (χ3n) is 2.29. The zero-order valence-corrected chi connectivity index (χ0v) is 13.2. The summed E-state index contributed by atoms with van der Waals surface area (Å²) in [5.41, 5.74) is 0. The first kappa shape index (κ1) is 18.4. The first-order valence-electron chi connectivity index (χ1n) is 5.28. The fourth-order valence-corrected chi connectivity index (χ4v) is 2.99. The SMILES string of the molecule is CP(c1ccccc1)c1ccccc1.F[C-](F)F.[Au+]. The van der Waals surface area contributed by atoms with Gasteiger partial charge in [0, 0.05) is 0 Å². The Bertz CT molecular complexity index is 395. The van der Waals surface area contributed by atoms with Crippen molar-refractivity contribution in [3.63, 3.8) is 0 Å². The Balaban J connectivity index is 0.000000576. The van der Waals surface area contributed by atoms with Gasteiger partial charge in [-0.25, -0.2) is 0 Å². The Morgan fingerprint density at radius 1 is 0.737 bits per heavy atom. The summed E-state index contributed by atoms with van der Waals surface area (Å²) in [4.78, 5) is 0. The molecule has 0 aromatic heterocycles. The topological polar surface area (TPSA) is 0 Å². The van der Waals surface area contributed by atoms with E-state index >= 15 is 0 Å². The van der Waals surface area contributed by atoms with Crippen LogP contribution in [0, 0.1) is 6.68 Å². The van der Waals surface area contributed by atoms with Crippen LogP contribution in [0.15, 0.2) is 60.7 Å². The first-order chi connectivity index (χ1) is 8.61. The fraction of sp³-hybridized carbons (Fsp3) is 0.0714. The van der Waals surface area contributed by atoms with Crippen LogP contribution in [0.2, 0.25) is 0 Å². The van der Waals surface area contributed by atoms with Crippen molar-refractivity contribution >= 4 is 18.5 Å². The molecule has 0 fully saturated rings. The van der Waals surface area contributed by atoms with Crippen LogP contribution in [0.4, 0.5) is 13.2 Å². The summed E-state index contributed by atoms with van der Waals surface area (Å²) in [7, 11) is -0.171. The predicted molar refractivity (Wildman–Crippen MR) is 71.6 cm³/mol. The molecule has 2 aromatic rings. The van der Waals surface area contributed by atoms with Crippen molar-refractivity contribution in [2.45, 2.75) is 0 Å². The molecule has 0 N–H and O–H groups in total. The summed E-state index contributed by atoms with van der Waals surface area (Å²) in [6, 6.07) is 21.4. The summed E-state index contributed by atoms with van der Waals surface area (Å²) < 4.78 is 28.8. The molecular formula is C14H13AuF3P. The molecule has 0 spiro atoms. The quantitative estimate of drug-likeness (QED) is 0.356. The van der Waals surface area contributed by atoms with E-state index in [-0.39, 0.29) is 30.3 Å². The number of hydrogen-bond acceptors (Lipinski definition) is 0. The molecule has 2 aromatic carbocycles. The second-order valence-corrected chi connectivity index (χ2v) is 5.60. The molecule has 0 aliphatic heterocycles. The zero-order chi connectivity index (χ0) is 13.4. The van der Waals surface area contributed by atoms with Crippen LogP contribution in [0.5, 0.6) is 0 Å². The van der Waals surface area contributed by atoms with Gasteiger partial charge in [-0.3, -0.25) is 0 Å². The maximum absolute atomic E-state index is 9.58. The minimum absolute atomic E-state index is 0. The van der Waals surface area contributed by atoms with E-state index in [0.717, 1.165) is 0 Å². The van der Waals surface area contributed by atoms with Crippen molar-refractivity contribution < 1.29 is 35.6 Å².